The molecule has 1 atom stereocenters. The van der Waals surface area contributed by atoms with Crippen LogP contribution in [-0.4, -0.2) is 67.1 Å². The van der Waals surface area contributed by atoms with Gasteiger partial charge >= 0.3 is 0 Å². The zero-order valence-corrected chi connectivity index (χ0v) is 19.0. The minimum absolute atomic E-state index is 0.0148. The monoisotopic (exact) mass is 446 g/mol. The van der Waals surface area contributed by atoms with E-state index in [9.17, 15) is 10.1 Å². The lowest BCUT2D eigenvalue weighted by Gasteiger charge is -2.42. The molecule has 1 aliphatic heterocycles. The Bertz CT molecular complexity index is 1040. The second kappa shape index (κ2) is 9.67. The van der Waals surface area contributed by atoms with Gasteiger partial charge in [-0.25, -0.2) is 4.98 Å². The number of pyridine rings is 1. The number of amides is 1. The maximum Gasteiger partial charge on any atom is 0.248 e. The summed E-state index contributed by atoms with van der Waals surface area (Å²) in [6.07, 6.45) is 8.55. The normalized spacial score (nSPS) is 20.8. The zero-order valence-electron chi connectivity index (χ0n) is 19.0. The van der Waals surface area contributed by atoms with Crippen LogP contribution in [0.2, 0.25) is 0 Å². The van der Waals surface area contributed by atoms with Gasteiger partial charge in [-0.1, -0.05) is 12.7 Å². The first-order valence-corrected chi connectivity index (χ1v) is 11.4. The molecule has 0 bridgehead atoms. The van der Waals surface area contributed by atoms with Gasteiger partial charge < -0.3 is 25.4 Å². The van der Waals surface area contributed by atoms with Crippen molar-refractivity contribution in [2.24, 2.45) is 5.92 Å². The van der Waals surface area contributed by atoms with Crippen molar-refractivity contribution in [1.29, 1.82) is 16.1 Å². The van der Waals surface area contributed by atoms with E-state index in [1.165, 1.54) is 13.2 Å². The quantitative estimate of drug-likeness (QED) is 0.447. The molecule has 1 aromatic heterocycles. The highest BCUT2D eigenvalue weighted by molar-refractivity contribution is 6.10. The number of nitriles is 1. The van der Waals surface area contributed by atoms with Crippen LogP contribution in [0.4, 0.5) is 5.82 Å². The van der Waals surface area contributed by atoms with Gasteiger partial charge in [0.05, 0.1) is 23.0 Å². The van der Waals surface area contributed by atoms with Crippen molar-refractivity contribution in [3.8, 4) is 6.07 Å². The van der Waals surface area contributed by atoms with Crippen molar-refractivity contribution in [2.45, 2.75) is 37.6 Å². The number of nitrogens with zero attached hydrogens (tertiary/aromatic N) is 4. The molecule has 172 valence electrons. The fourth-order valence-corrected chi connectivity index (χ4v) is 4.53. The molecule has 1 amide bonds. The molecular formula is C25H30N6O2. The van der Waals surface area contributed by atoms with E-state index >= 15 is 0 Å². The molecule has 0 spiro atoms. The maximum atomic E-state index is 12.6. The van der Waals surface area contributed by atoms with Gasteiger partial charge in [0.15, 0.2) is 0 Å². The predicted molar refractivity (Wildman–Crippen MR) is 127 cm³/mol. The molecule has 0 radical (unpaired) electrons. The first-order chi connectivity index (χ1) is 16.0. The van der Waals surface area contributed by atoms with Crippen LogP contribution in [-0.2, 0) is 9.53 Å². The predicted octanol–water partition coefficient (Wildman–Crippen LogP) is 3.03. The lowest BCUT2D eigenvalue weighted by molar-refractivity contribution is -0.138. The van der Waals surface area contributed by atoms with Crippen LogP contribution in [0.1, 0.15) is 48.4 Å². The van der Waals surface area contributed by atoms with Gasteiger partial charge in [-0.3, -0.25) is 4.79 Å². The highest BCUT2D eigenvalue weighted by Gasteiger charge is 2.41. The summed E-state index contributed by atoms with van der Waals surface area (Å²) in [4.78, 5) is 21.6. The summed E-state index contributed by atoms with van der Waals surface area (Å²) in [5.41, 5.74) is 2.70. The molecule has 8 heteroatoms. The number of carbonyl (C=O) groups excluding carboxylic acids is 1. The Morgan fingerprint density at radius 2 is 2.12 bits per heavy atom. The summed E-state index contributed by atoms with van der Waals surface area (Å²) in [5, 5.41) is 26.0. The number of piperazine rings is 1. The Morgan fingerprint density at radius 1 is 1.36 bits per heavy atom. The van der Waals surface area contributed by atoms with Crippen molar-refractivity contribution < 1.29 is 9.53 Å². The van der Waals surface area contributed by atoms with Crippen LogP contribution in [0.3, 0.4) is 0 Å². The topological polar surface area (TPSA) is 117 Å². The van der Waals surface area contributed by atoms with Gasteiger partial charge in [0.2, 0.25) is 5.91 Å². The summed E-state index contributed by atoms with van der Waals surface area (Å²) in [6.45, 7) is 5.61. The fourth-order valence-electron chi connectivity index (χ4n) is 4.53. The molecular weight excluding hydrogens is 416 g/mol. The number of hydrogen-bond donors (Lipinski definition) is 2. The molecule has 1 unspecified atom stereocenters. The Hall–Kier alpha value is -3.31. The number of hydrogen-bond acceptors (Lipinski definition) is 7. The zero-order chi connectivity index (χ0) is 23.5. The molecule has 4 rings (SSSR count). The van der Waals surface area contributed by atoms with E-state index in [0.717, 1.165) is 37.6 Å². The van der Waals surface area contributed by atoms with E-state index in [2.05, 4.69) is 17.5 Å². The van der Waals surface area contributed by atoms with Crippen LogP contribution in [0.25, 0.3) is 0 Å². The van der Waals surface area contributed by atoms with Gasteiger partial charge in [0, 0.05) is 44.4 Å². The van der Waals surface area contributed by atoms with Crippen LogP contribution >= 0.6 is 0 Å². The Kier molecular flexibility index (Phi) is 6.70. The third kappa shape index (κ3) is 4.88. The minimum atomic E-state index is 0.0148. The van der Waals surface area contributed by atoms with Crippen molar-refractivity contribution in [1.82, 2.24) is 9.88 Å². The number of aromatic nitrogens is 1. The molecule has 0 aromatic carbocycles. The van der Waals surface area contributed by atoms with E-state index in [4.69, 9.17) is 20.5 Å². The average Bonchev–Trinajstić information content (AvgIpc) is 3.74. The number of nitrogens with one attached hydrogen (secondary N) is 2. The van der Waals surface area contributed by atoms with E-state index in [1.54, 1.807) is 12.1 Å². The second-order valence-corrected chi connectivity index (χ2v) is 8.96. The molecule has 2 heterocycles. The summed E-state index contributed by atoms with van der Waals surface area (Å²) in [5.74, 6) is 1.44. The lowest BCUT2D eigenvalue weighted by atomic mass is 9.99. The number of rotatable bonds is 9. The Balaban J connectivity index is 1.66. The number of carbonyl (C=O) groups is 1. The number of methoxy groups -OCH3 is 1. The molecule has 2 aliphatic carbocycles. The first kappa shape index (κ1) is 22.9. The second-order valence-electron chi connectivity index (χ2n) is 8.96. The molecule has 1 saturated heterocycles. The van der Waals surface area contributed by atoms with Crippen molar-refractivity contribution >= 4 is 23.7 Å². The maximum absolute atomic E-state index is 12.6. The van der Waals surface area contributed by atoms with Crippen LogP contribution in [0.5, 0.6) is 0 Å². The number of ether oxygens (including phenoxy) is 1. The van der Waals surface area contributed by atoms with E-state index in [0.29, 0.717) is 48.1 Å². The number of anilines is 1. The molecule has 33 heavy (non-hydrogen) atoms. The van der Waals surface area contributed by atoms with Crippen molar-refractivity contribution in [2.75, 3.05) is 38.3 Å². The highest BCUT2D eigenvalue weighted by Crippen LogP contribution is 2.43. The molecule has 3 fully saturated rings. The van der Waals surface area contributed by atoms with Crippen molar-refractivity contribution in [3.05, 3.63) is 47.2 Å². The SMILES string of the molecule is C=C/C(C=N)=C/C(=N)c1cc(C#N)c(N2CCN(C(=O)COC)C(C3CC3)C2)nc1C1CC1. The summed E-state index contributed by atoms with van der Waals surface area (Å²) in [6, 6.07) is 4.15. The van der Waals surface area contributed by atoms with Gasteiger partial charge in [0.25, 0.3) is 0 Å². The molecule has 1 aromatic rings. The van der Waals surface area contributed by atoms with Crippen molar-refractivity contribution in [3.63, 3.8) is 0 Å². The van der Waals surface area contributed by atoms with Crippen LogP contribution in [0.15, 0.2) is 30.4 Å². The summed E-state index contributed by atoms with van der Waals surface area (Å²) >= 11 is 0. The summed E-state index contributed by atoms with van der Waals surface area (Å²) in [7, 11) is 1.54. The first-order valence-electron chi connectivity index (χ1n) is 11.4. The van der Waals surface area contributed by atoms with Gasteiger partial charge in [-0.15, -0.1) is 0 Å². The lowest BCUT2D eigenvalue weighted by Crippen LogP contribution is -2.57. The van der Waals surface area contributed by atoms with Crippen LogP contribution < -0.4 is 4.90 Å². The highest BCUT2D eigenvalue weighted by atomic mass is 16.5. The molecule has 2 saturated carbocycles. The van der Waals surface area contributed by atoms with E-state index in [1.807, 2.05) is 4.90 Å². The summed E-state index contributed by atoms with van der Waals surface area (Å²) < 4.78 is 5.08. The molecule has 2 N–H and O–H groups in total. The Labute approximate surface area is 194 Å². The third-order valence-corrected chi connectivity index (χ3v) is 6.59. The molecule has 8 nitrogen and oxygen atoms in total. The fraction of sp³-hybridized carbons (Fsp3) is 0.480. The Morgan fingerprint density at radius 3 is 2.70 bits per heavy atom. The minimum Gasteiger partial charge on any atom is -0.375 e. The number of allylic oxidation sites excluding steroid dienone is 3. The van der Waals surface area contributed by atoms with Gasteiger partial charge in [-0.05, 0) is 49.3 Å². The third-order valence-electron chi connectivity index (χ3n) is 6.59. The smallest absolute Gasteiger partial charge is 0.248 e. The van der Waals surface area contributed by atoms with E-state index < -0.39 is 0 Å². The largest absolute Gasteiger partial charge is 0.375 e. The average molecular weight is 447 g/mol. The molecule has 3 aliphatic rings. The van der Waals surface area contributed by atoms with Gasteiger partial charge in [-0.2, -0.15) is 5.26 Å². The van der Waals surface area contributed by atoms with E-state index in [-0.39, 0.29) is 30.2 Å². The van der Waals surface area contributed by atoms with Crippen LogP contribution in [0, 0.1) is 28.1 Å². The van der Waals surface area contributed by atoms with Gasteiger partial charge in [0.1, 0.15) is 18.5 Å². The standard InChI is InChI=1S/C25H30N6O2/c1-3-16(12-26)10-21(28)20-11-19(13-27)25(29-24(20)18-6-7-18)30-8-9-31(23(32)15-33-2)22(14-30)17-4-5-17/h3,10-12,17-18,22,26,28H,1,4-9,14-15H2,2H3/b16-10-,26-12?,28-21?.